The standard InChI is InChI=1S/C22H28FN5O2S/c1-4-5-13-27(3)15-21-25-22(16(2)17-9-7-6-8-10-17)28(26-21)20-12-11-18(14-19(20)23)31(24,29)30/h6-12,14,16H,4-5,13,15H2,1-3H3,(H2,24,29,30)/t16-/m1/s1. The summed E-state index contributed by atoms with van der Waals surface area (Å²) in [5.74, 6) is 0.267. The van der Waals surface area contributed by atoms with Gasteiger partial charge in [0.15, 0.2) is 5.82 Å². The summed E-state index contributed by atoms with van der Waals surface area (Å²) in [5.41, 5.74) is 1.14. The van der Waals surface area contributed by atoms with Crippen molar-refractivity contribution in [1.29, 1.82) is 0 Å². The Morgan fingerprint density at radius 2 is 1.90 bits per heavy atom. The van der Waals surface area contributed by atoms with Crippen molar-refractivity contribution in [3.8, 4) is 5.69 Å². The number of aromatic nitrogens is 3. The number of halogens is 1. The highest BCUT2D eigenvalue weighted by Crippen LogP contribution is 2.27. The van der Waals surface area contributed by atoms with Crippen molar-refractivity contribution in [2.45, 2.75) is 44.0 Å². The normalized spacial score (nSPS) is 13.0. The molecule has 0 saturated carbocycles. The Kier molecular flexibility index (Phi) is 7.19. The van der Waals surface area contributed by atoms with Crippen molar-refractivity contribution in [1.82, 2.24) is 19.7 Å². The Balaban J connectivity index is 2.05. The average molecular weight is 446 g/mol. The van der Waals surface area contributed by atoms with E-state index in [1.165, 1.54) is 16.8 Å². The summed E-state index contributed by atoms with van der Waals surface area (Å²) in [6, 6.07) is 13.3. The monoisotopic (exact) mass is 445 g/mol. The van der Waals surface area contributed by atoms with Gasteiger partial charge in [-0.15, -0.1) is 5.10 Å². The van der Waals surface area contributed by atoms with Gasteiger partial charge >= 0.3 is 0 Å². The average Bonchev–Trinajstić information content (AvgIpc) is 3.14. The number of unbranched alkanes of at least 4 members (excludes halogenated alkanes) is 1. The minimum absolute atomic E-state index is 0.125. The summed E-state index contributed by atoms with van der Waals surface area (Å²) < 4.78 is 39.5. The maximum atomic E-state index is 14.9. The van der Waals surface area contributed by atoms with Crippen molar-refractivity contribution in [3.05, 3.63) is 71.6 Å². The topological polar surface area (TPSA) is 94.1 Å². The zero-order chi connectivity index (χ0) is 22.6. The maximum absolute atomic E-state index is 14.9. The largest absolute Gasteiger partial charge is 0.299 e. The summed E-state index contributed by atoms with van der Waals surface area (Å²) in [6.45, 7) is 5.55. The van der Waals surface area contributed by atoms with Gasteiger partial charge in [0.1, 0.15) is 17.3 Å². The molecule has 166 valence electrons. The molecule has 0 fully saturated rings. The predicted octanol–water partition coefficient (Wildman–Crippen LogP) is 3.44. The number of hydrogen-bond acceptors (Lipinski definition) is 5. The van der Waals surface area contributed by atoms with Gasteiger partial charge in [0.25, 0.3) is 0 Å². The van der Waals surface area contributed by atoms with E-state index in [2.05, 4.69) is 16.9 Å². The number of hydrogen-bond donors (Lipinski definition) is 1. The molecule has 0 aliphatic heterocycles. The summed E-state index contributed by atoms with van der Waals surface area (Å²) in [6.07, 6.45) is 2.15. The second-order valence-electron chi connectivity index (χ2n) is 7.68. The van der Waals surface area contributed by atoms with E-state index < -0.39 is 15.8 Å². The molecule has 0 amide bonds. The third-order valence-electron chi connectivity index (χ3n) is 5.14. The van der Waals surface area contributed by atoms with Crippen LogP contribution in [0.4, 0.5) is 4.39 Å². The maximum Gasteiger partial charge on any atom is 0.238 e. The number of nitrogens with two attached hydrogens (primary N) is 1. The molecule has 2 aromatic carbocycles. The van der Waals surface area contributed by atoms with Gasteiger partial charge in [0.05, 0.1) is 11.4 Å². The molecule has 31 heavy (non-hydrogen) atoms. The molecule has 0 unspecified atom stereocenters. The Hall–Kier alpha value is -2.62. The highest BCUT2D eigenvalue weighted by atomic mass is 32.2. The van der Waals surface area contributed by atoms with Gasteiger partial charge in [0, 0.05) is 5.92 Å². The van der Waals surface area contributed by atoms with Crippen LogP contribution >= 0.6 is 0 Å². The second-order valence-corrected chi connectivity index (χ2v) is 9.24. The first kappa shape index (κ1) is 23.1. The Labute approximate surface area is 182 Å². The van der Waals surface area contributed by atoms with Crippen LogP contribution in [0.25, 0.3) is 5.69 Å². The first-order valence-corrected chi connectivity index (χ1v) is 11.8. The van der Waals surface area contributed by atoms with Crippen LogP contribution in [-0.2, 0) is 16.6 Å². The smallest absolute Gasteiger partial charge is 0.238 e. The molecule has 3 rings (SSSR count). The van der Waals surface area contributed by atoms with Crippen LogP contribution < -0.4 is 5.14 Å². The molecule has 1 heterocycles. The van der Waals surface area contributed by atoms with E-state index >= 15 is 0 Å². The SMILES string of the molecule is CCCCN(C)Cc1nc([C@H](C)c2ccccc2)n(-c2ccc(S(N)(=O)=O)cc2F)n1. The van der Waals surface area contributed by atoms with Gasteiger partial charge in [0.2, 0.25) is 10.0 Å². The highest BCUT2D eigenvalue weighted by Gasteiger charge is 2.22. The predicted molar refractivity (Wildman–Crippen MR) is 118 cm³/mol. The lowest BCUT2D eigenvalue weighted by molar-refractivity contribution is 0.312. The molecular formula is C22H28FN5O2S. The summed E-state index contributed by atoms with van der Waals surface area (Å²) in [4.78, 5) is 6.56. The van der Waals surface area contributed by atoms with E-state index in [0.29, 0.717) is 18.2 Å². The fourth-order valence-electron chi connectivity index (χ4n) is 3.37. The second kappa shape index (κ2) is 9.67. The summed E-state index contributed by atoms with van der Waals surface area (Å²) in [7, 11) is -2.01. The van der Waals surface area contributed by atoms with Crippen LogP contribution in [-0.4, -0.2) is 41.7 Å². The van der Waals surface area contributed by atoms with E-state index in [9.17, 15) is 12.8 Å². The third-order valence-corrected chi connectivity index (χ3v) is 6.05. The number of rotatable bonds is 9. The van der Waals surface area contributed by atoms with E-state index in [1.807, 2.05) is 44.3 Å². The molecular weight excluding hydrogens is 417 g/mol. The molecule has 2 N–H and O–H groups in total. The quantitative estimate of drug-likeness (QED) is 0.545. The van der Waals surface area contributed by atoms with Crippen LogP contribution in [0.15, 0.2) is 53.4 Å². The van der Waals surface area contributed by atoms with Gasteiger partial charge in [-0.25, -0.2) is 27.6 Å². The van der Waals surface area contributed by atoms with Gasteiger partial charge in [-0.2, -0.15) is 0 Å². The lowest BCUT2D eigenvalue weighted by atomic mass is 10.0. The Morgan fingerprint density at radius 3 is 2.52 bits per heavy atom. The van der Waals surface area contributed by atoms with Crippen molar-refractivity contribution in [2.24, 2.45) is 5.14 Å². The van der Waals surface area contributed by atoms with Crippen LogP contribution in [0.3, 0.4) is 0 Å². The van der Waals surface area contributed by atoms with E-state index in [-0.39, 0.29) is 16.5 Å². The molecule has 0 saturated heterocycles. The minimum Gasteiger partial charge on any atom is -0.299 e. The molecule has 0 bridgehead atoms. The molecule has 0 aliphatic carbocycles. The number of benzene rings is 2. The molecule has 9 heteroatoms. The van der Waals surface area contributed by atoms with Crippen molar-refractivity contribution < 1.29 is 12.8 Å². The van der Waals surface area contributed by atoms with E-state index in [0.717, 1.165) is 31.0 Å². The van der Waals surface area contributed by atoms with E-state index in [1.54, 1.807) is 0 Å². The Bertz CT molecular complexity index is 1130. The number of sulfonamides is 1. The fraction of sp³-hybridized carbons (Fsp3) is 0.364. The molecule has 0 radical (unpaired) electrons. The zero-order valence-corrected chi connectivity index (χ0v) is 18.8. The third kappa shape index (κ3) is 5.55. The summed E-state index contributed by atoms with van der Waals surface area (Å²) in [5, 5.41) is 9.70. The molecule has 0 spiro atoms. The molecule has 7 nitrogen and oxygen atoms in total. The van der Waals surface area contributed by atoms with Gasteiger partial charge in [-0.1, -0.05) is 50.6 Å². The van der Waals surface area contributed by atoms with E-state index in [4.69, 9.17) is 10.1 Å². The number of primary sulfonamides is 1. The molecule has 3 aromatic rings. The van der Waals surface area contributed by atoms with Gasteiger partial charge in [-0.05, 0) is 43.8 Å². The minimum atomic E-state index is -4.01. The highest BCUT2D eigenvalue weighted by molar-refractivity contribution is 7.89. The number of nitrogens with zero attached hydrogens (tertiary/aromatic N) is 4. The molecule has 1 atom stereocenters. The van der Waals surface area contributed by atoms with Crippen LogP contribution in [0.5, 0.6) is 0 Å². The van der Waals surface area contributed by atoms with Crippen LogP contribution in [0.2, 0.25) is 0 Å². The molecule has 1 aromatic heterocycles. The summed E-state index contributed by atoms with van der Waals surface area (Å²) >= 11 is 0. The zero-order valence-electron chi connectivity index (χ0n) is 18.0. The van der Waals surface area contributed by atoms with Gasteiger partial charge < -0.3 is 0 Å². The first-order chi connectivity index (χ1) is 14.7. The molecule has 0 aliphatic rings. The van der Waals surface area contributed by atoms with Crippen LogP contribution in [0.1, 0.15) is 49.8 Å². The van der Waals surface area contributed by atoms with Crippen LogP contribution in [0, 0.1) is 5.82 Å². The van der Waals surface area contributed by atoms with Crippen molar-refractivity contribution in [3.63, 3.8) is 0 Å². The fourth-order valence-corrected chi connectivity index (χ4v) is 3.89. The van der Waals surface area contributed by atoms with Gasteiger partial charge in [-0.3, -0.25) is 4.90 Å². The lowest BCUT2D eigenvalue weighted by Crippen LogP contribution is -2.19. The first-order valence-electron chi connectivity index (χ1n) is 10.2. The Morgan fingerprint density at radius 1 is 1.19 bits per heavy atom. The van der Waals surface area contributed by atoms with Crippen molar-refractivity contribution >= 4 is 10.0 Å². The lowest BCUT2D eigenvalue weighted by Gasteiger charge is -2.14. The van der Waals surface area contributed by atoms with Crippen molar-refractivity contribution in [2.75, 3.05) is 13.6 Å².